The number of rotatable bonds is 9. The van der Waals surface area contributed by atoms with Crippen LogP contribution in [0, 0.1) is 0 Å². The fourth-order valence-corrected chi connectivity index (χ4v) is 15.0. The molecule has 16 aromatic rings. The summed E-state index contributed by atoms with van der Waals surface area (Å²) in [7, 11) is 0. The number of hydrogen-bond donors (Lipinski definition) is 0. The van der Waals surface area contributed by atoms with Crippen molar-refractivity contribution in [2.24, 2.45) is 0 Å². The van der Waals surface area contributed by atoms with Crippen LogP contribution in [0.4, 0.5) is 34.1 Å². The molecule has 0 atom stereocenters. The molecule has 0 saturated carbocycles. The van der Waals surface area contributed by atoms with Gasteiger partial charge in [0.1, 0.15) is 0 Å². The molecule has 0 N–H and O–H groups in total. The fourth-order valence-electron chi connectivity index (χ4n) is 15.0. The van der Waals surface area contributed by atoms with E-state index in [1.807, 2.05) is 0 Å². The van der Waals surface area contributed by atoms with Gasteiger partial charge in [0.2, 0.25) is 0 Å². The first-order valence-corrected chi connectivity index (χ1v) is 31.2. The van der Waals surface area contributed by atoms with E-state index >= 15 is 0 Å². The summed E-state index contributed by atoms with van der Waals surface area (Å²) in [6.45, 7) is -0.234. The van der Waals surface area contributed by atoms with Crippen LogP contribution in [-0.4, -0.2) is 11.3 Å². The number of para-hydroxylation sites is 2. The summed E-state index contributed by atoms with van der Waals surface area (Å²) in [5.41, 5.74) is 27.7. The quantitative estimate of drug-likeness (QED) is 0.133. The molecule has 0 aliphatic carbocycles. The molecule has 4 heteroatoms. The number of anilines is 6. The molecule has 0 spiro atoms. The predicted molar refractivity (Wildman–Crippen MR) is 382 cm³/mol. The summed E-state index contributed by atoms with van der Waals surface area (Å²) in [6, 6.07) is 127. The van der Waals surface area contributed by atoms with E-state index in [0.717, 1.165) is 84.3 Å². The molecule has 0 saturated heterocycles. The Balaban J connectivity index is 1.07. The van der Waals surface area contributed by atoms with E-state index in [1.165, 1.54) is 82.0 Å². The lowest BCUT2D eigenvalue weighted by molar-refractivity contribution is 1.17. The molecule has 0 amide bonds. The summed E-state index contributed by atoms with van der Waals surface area (Å²) in [5, 5.41) is 7.22. The van der Waals surface area contributed by atoms with Gasteiger partial charge in [-0.25, -0.2) is 0 Å². The lowest BCUT2D eigenvalue weighted by atomic mass is 9.33. The molecule has 0 bridgehead atoms. The Hall–Kier alpha value is -11.7. The van der Waals surface area contributed by atoms with Crippen molar-refractivity contribution >= 4 is 101 Å². The van der Waals surface area contributed by atoms with Gasteiger partial charge in [-0.2, -0.15) is 0 Å². The van der Waals surface area contributed by atoms with Gasteiger partial charge < -0.3 is 14.4 Å². The van der Waals surface area contributed by atoms with Gasteiger partial charge in [0.15, 0.2) is 0 Å². The average Bonchev–Trinajstić information content (AvgIpc) is 0.926. The SMILES string of the molecule is c1ccc(-c2ccc3c(c2)B2c4cc(-c5ccccc5)ccc4N(c4c(-c5ccccc5)cccc4-c4ccccc4)c4cc(-n5c6c7ccccc7ccc6c6ccc7ccccc7c65)cc(c42)N3c2c(-c3ccccc3)cccc2-c2ccccc2)cc1. The van der Waals surface area contributed by atoms with E-state index in [4.69, 9.17) is 0 Å². The largest absolute Gasteiger partial charge is 0.310 e. The molecule has 0 fully saturated rings. The van der Waals surface area contributed by atoms with Gasteiger partial charge in [-0.3, -0.25) is 0 Å². The smallest absolute Gasteiger partial charge is 0.252 e. The molecule has 90 heavy (non-hydrogen) atoms. The molecular weight excluding hydrogens is 1090 g/mol. The van der Waals surface area contributed by atoms with Crippen LogP contribution in [0.3, 0.4) is 0 Å². The topological polar surface area (TPSA) is 11.4 Å². The van der Waals surface area contributed by atoms with Crippen LogP contribution in [0.1, 0.15) is 0 Å². The highest BCUT2D eigenvalue weighted by Crippen LogP contribution is 2.54. The highest BCUT2D eigenvalue weighted by molar-refractivity contribution is 7.00. The van der Waals surface area contributed by atoms with Crippen LogP contribution >= 0.6 is 0 Å². The molecular formula is C86H56BN3. The van der Waals surface area contributed by atoms with Gasteiger partial charge in [-0.05, 0) is 95.9 Å². The Morgan fingerprint density at radius 3 is 0.922 bits per heavy atom. The minimum Gasteiger partial charge on any atom is -0.310 e. The molecule has 418 valence electrons. The third-order valence-corrected chi connectivity index (χ3v) is 18.9. The van der Waals surface area contributed by atoms with Gasteiger partial charge >= 0.3 is 0 Å². The van der Waals surface area contributed by atoms with Gasteiger partial charge in [0.25, 0.3) is 6.71 Å². The summed E-state index contributed by atoms with van der Waals surface area (Å²) >= 11 is 0. The van der Waals surface area contributed by atoms with Crippen molar-refractivity contribution in [3.8, 4) is 72.4 Å². The first-order valence-electron chi connectivity index (χ1n) is 31.2. The summed E-state index contributed by atoms with van der Waals surface area (Å²) in [4.78, 5) is 5.34. The highest BCUT2D eigenvalue weighted by atomic mass is 15.2. The predicted octanol–water partition coefficient (Wildman–Crippen LogP) is 21.2. The van der Waals surface area contributed by atoms with Crippen molar-refractivity contribution in [2.75, 3.05) is 9.80 Å². The van der Waals surface area contributed by atoms with Crippen LogP contribution < -0.4 is 26.2 Å². The molecule has 1 aromatic heterocycles. The number of aromatic nitrogens is 1. The first-order chi connectivity index (χ1) is 44.7. The average molecular weight is 1140 g/mol. The number of nitrogens with zero attached hydrogens (tertiary/aromatic N) is 3. The Bertz CT molecular complexity index is 5020. The zero-order chi connectivity index (χ0) is 59.2. The van der Waals surface area contributed by atoms with E-state index < -0.39 is 0 Å². The van der Waals surface area contributed by atoms with E-state index in [9.17, 15) is 0 Å². The Morgan fingerprint density at radius 1 is 0.222 bits per heavy atom. The van der Waals surface area contributed by atoms with Gasteiger partial charge in [0.05, 0.1) is 28.1 Å². The molecule has 18 rings (SSSR count). The Kier molecular flexibility index (Phi) is 12.0. The molecule has 3 nitrogen and oxygen atoms in total. The lowest BCUT2D eigenvalue weighted by Crippen LogP contribution is -2.61. The van der Waals surface area contributed by atoms with Crippen molar-refractivity contribution in [1.29, 1.82) is 0 Å². The van der Waals surface area contributed by atoms with Crippen LogP contribution in [0.5, 0.6) is 0 Å². The summed E-state index contributed by atoms with van der Waals surface area (Å²) in [6.07, 6.45) is 0. The van der Waals surface area contributed by atoms with Crippen molar-refractivity contribution in [3.63, 3.8) is 0 Å². The number of benzene rings is 15. The molecule has 0 unspecified atom stereocenters. The zero-order valence-electron chi connectivity index (χ0n) is 49.3. The third-order valence-electron chi connectivity index (χ3n) is 18.9. The van der Waals surface area contributed by atoms with Crippen LogP contribution in [0.2, 0.25) is 0 Å². The van der Waals surface area contributed by atoms with Crippen molar-refractivity contribution < 1.29 is 0 Å². The minimum atomic E-state index is -0.234. The fraction of sp³-hybridized carbons (Fsp3) is 0. The second kappa shape index (κ2) is 21.0. The van der Waals surface area contributed by atoms with Gasteiger partial charge in [-0.15, -0.1) is 0 Å². The van der Waals surface area contributed by atoms with Gasteiger partial charge in [-0.1, -0.05) is 315 Å². The summed E-state index contributed by atoms with van der Waals surface area (Å²) < 4.78 is 2.63. The minimum absolute atomic E-state index is 0.234. The summed E-state index contributed by atoms with van der Waals surface area (Å²) in [5.74, 6) is 0. The Labute approximate surface area is 524 Å². The monoisotopic (exact) mass is 1140 g/mol. The molecule has 2 aliphatic heterocycles. The highest BCUT2D eigenvalue weighted by Gasteiger charge is 2.46. The van der Waals surface area contributed by atoms with E-state index in [1.54, 1.807) is 0 Å². The maximum atomic E-state index is 2.67. The lowest BCUT2D eigenvalue weighted by Gasteiger charge is -2.46. The molecule has 3 heterocycles. The van der Waals surface area contributed by atoms with Crippen molar-refractivity contribution in [1.82, 2.24) is 4.57 Å². The third kappa shape index (κ3) is 8.15. The van der Waals surface area contributed by atoms with Crippen LogP contribution in [-0.2, 0) is 0 Å². The van der Waals surface area contributed by atoms with Crippen molar-refractivity contribution in [3.05, 3.63) is 340 Å². The normalized spacial score (nSPS) is 12.4. The molecule has 15 aromatic carbocycles. The maximum absolute atomic E-state index is 2.67. The number of fused-ring (bicyclic) bond motifs is 11. The maximum Gasteiger partial charge on any atom is 0.252 e. The molecule has 0 radical (unpaired) electrons. The second-order valence-corrected chi connectivity index (χ2v) is 23.8. The van der Waals surface area contributed by atoms with Crippen molar-refractivity contribution in [2.45, 2.75) is 0 Å². The van der Waals surface area contributed by atoms with Gasteiger partial charge in [0, 0.05) is 66.5 Å². The first kappa shape index (κ1) is 51.5. The van der Waals surface area contributed by atoms with Crippen LogP contribution in [0.25, 0.3) is 116 Å². The van der Waals surface area contributed by atoms with E-state index in [2.05, 4.69) is 354 Å². The van der Waals surface area contributed by atoms with E-state index in [0.29, 0.717) is 0 Å². The second-order valence-electron chi connectivity index (χ2n) is 23.8. The van der Waals surface area contributed by atoms with E-state index in [-0.39, 0.29) is 6.71 Å². The molecule has 2 aliphatic rings. The standard InChI is InChI=1S/C86H56BN3/c1-7-25-57(26-8-1)65-47-51-78-76(53-65)87-77-54-66(58-27-9-2-10-28-58)48-52-79(77)90(84-72(61-33-15-5-16-34-61)43-24-44-73(84)62-35-17-6-18-36-62)81-56-67(88-85-68-39-21-19-37-63(68)45-49-74(85)75-50-46-64-38-20-22-40-69(64)86(75)88)55-80(82(81)87)89(78)83-70(59-29-11-3-12-30-59)41-23-42-71(83)60-31-13-4-14-32-60/h1-56H. The number of hydrogen-bond acceptors (Lipinski definition) is 2. The Morgan fingerprint density at radius 2 is 0.556 bits per heavy atom. The van der Waals surface area contributed by atoms with Crippen LogP contribution in [0.15, 0.2) is 340 Å². The zero-order valence-corrected chi connectivity index (χ0v) is 49.3.